The summed E-state index contributed by atoms with van der Waals surface area (Å²) in [5.74, 6) is 0.717. The van der Waals surface area contributed by atoms with E-state index in [9.17, 15) is 14.9 Å². The second-order valence-electron chi connectivity index (χ2n) is 5.23. The predicted octanol–water partition coefficient (Wildman–Crippen LogP) is 2.95. The normalized spacial score (nSPS) is 20.6. The molecular weight excluding hydrogens is 320 g/mol. The number of hydrogen-bond acceptors (Lipinski definition) is 6. The largest absolute Gasteiger partial charge is 0.480 e. The first kappa shape index (κ1) is 15.6. The monoisotopic (exact) mass is 334 g/mol. The first-order valence-electron chi connectivity index (χ1n) is 6.91. The molecule has 1 aliphatic heterocycles. The molecule has 1 aliphatic rings. The van der Waals surface area contributed by atoms with Crippen molar-refractivity contribution in [2.24, 2.45) is 0 Å². The summed E-state index contributed by atoms with van der Waals surface area (Å²) in [6.45, 7) is 1.85. The van der Waals surface area contributed by atoms with Crippen LogP contribution in [0, 0.1) is 17.0 Å². The molecule has 2 aromatic rings. The minimum atomic E-state index is -0.888. The van der Waals surface area contributed by atoms with Gasteiger partial charge < -0.3 is 9.52 Å². The van der Waals surface area contributed by atoms with Gasteiger partial charge in [0.15, 0.2) is 0 Å². The van der Waals surface area contributed by atoms with Gasteiger partial charge in [-0.3, -0.25) is 20.2 Å². The minimum Gasteiger partial charge on any atom is -0.480 e. The van der Waals surface area contributed by atoms with Gasteiger partial charge in [0.1, 0.15) is 22.9 Å². The first-order valence-corrected chi connectivity index (χ1v) is 7.96. The molecule has 2 atom stereocenters. The van der Waals surface area contributed by atoms with Crippen LogP contribution < -0.4 is 5.32 Å². The summed E-state index contributed by atoms with van der Waals surface area (Å²) in [5.41, 5.74) is 1.53. The van der Waals surface area contributed by atoms with Crippen molar-refractivity contribution in [3.8, 4) is 11.3 Å². The van der Waals surface area contributed by atoms with E-state index in [1.165, 1.54) is 23.9 Å². The Morgan fingerprint density at radius 3 is 2.87 bits per heavy atom. The maximum Gasteiger partial charge on any atom is 0.321 e. The van der Waals surface area contributed by atoms with Gasteiger partial charge >= 0.3 is 5.97 Å². The topological polar surface area (TPSA) is 106 Å². The van der Waals surface area contributed by atoms with Crippen LogP contribution in [0.5, 0.6) is 0 Å². The van der Waals surface area contributed by atoms with E-state index in [0.29, 0.717) is 22.8 Å². The number of benzene rings is 1. The van der Waals surface area contributed by atoms with Gasteiger partial charge in [-0.05, 0) is 24.6 Å². The summed E-state index contributed by atoms with van der Waals surface area (Å²) < 4.78 is 5.80. The quantitative estimate of drug-likeness (QED) is 0.654. The lowest BCUT2D eigenvalue weighted by Gasteiger charge is -2.08. The molecule has 23 heavy (non-hydrogen) atoms. The van der Waals surface area contributed by atoms with Crippen molar-refractivity contribution in [3.63, 3.8) is 0 Å². The average Bonchev–Trinajstić information content (AvgIpc) is 3.16. The summed E-state index contributed by atoms with van der Waals surface area (Å²) in [6, 6.07) is 7.53. The minimum absolute atomic E-state index is 0.00265. The number of aliphatic carboxylic acids is 1. The second kappa shape index (κ2) is 6.05. The Bertz CT molecular complexity index is 773. The Balaban J connectivity index is 1.87. The summed E-state index contributed by atoms with van der Waals surface area (Å²) in [5, 5.41) is 22.7. The van der Waals surface area contributed by atoms with Crippen molar-refractivity contribution in [1.82, 2.24) is 5.32 Å². The third kappa shape index (κ3) is 3.08. The molecule has 1 saturated heterocycles. The van der Waals surface area contributed by atoms with Gasteiger partial charge in [0.25, 0.3) is 5.69 Å². The van der Waals surface area contributed by atoms with E-state index in [1.54, 1.807) is 18.2 Å². The molecule has 1 aromatic carbocycles. The highest BCUT2D eigenvalue weighted by Crippen LogP contribution is 2.37. The first-order chi connectivity index (χ1) is 11.0. The van der Waals surface area contributed by atoms with E-state index < -0.39 is 16.9 Å². The Kier molecular flexibility index (Phi) is 4.10. The SMILES string of the molecule is Cc1ccc([N+](=O)[O-])cc1-c1ccc(C2NC(C(=O)O)CS2)o1. The molecule has 1 aromatic heterocycles. The number of aryl methyl sites for hydroxylation is 1. The maximum atomic E-state index is 11.0. The Morgan fingerprint density at radius 1 is 1.43 bits per heavy atom. The van der Waals surface area contributed by atoms with Crippen LogP contribution in [-0.2, 0) is 4.79 Å². The number of nitro benzene ring substituents is 1. The highest BCUT2D eigenvalue weighted by Gasteiger charge is 2.32. The number of non-ortho nitro benzene ring substituents is 1. The van der Waals surface area contributed by atoms with Crippen molar-refractivity contribution in [2.45, 2.75) is 18.3 Å². The number of nitro groups is 1. The van der Waals surface area contributed by atoms with Crippen molar-refractivity contribution in [1.29, 1.82) is 0 Å². The molecule has 0 bridgehead atoms. The van der Waals surface area contributed by atoms with Gasteiger partial charge in [0.05, 0.1) is 4.92 Å². The van der Waals surface area contributed by atoms with Gasteiger partial charge in [-0.15, -0.1) is 11.8 Å². The van der Waals surface area contributed by atoms with Crippen molar-refractivity contribution in [2.75, 3.05) is 5.75 Å². The van der Waals surface area contributed by atoms with Gasteiger partial charge in [-0.1, -0.05) is 6.07 Å². The van der Waals surface area contributed by atoms with Crippen LogP contribution in [-0.4, -0.2) is 27.8 Å². The lowest BCUT2D eigenvalue weighted by atomic mass is 10.1. The summed E-state index contributed by atoms with van der Waals surface area (Å²) >= 11 is 1.46. The van der Waals surface area contributed by atoms with E-state index in [-0.39, 0.29) is 11.1 Å². The Hall–Kier alpha value is -2.32. The molecular formula is C15H14N2O5S. The highest BCUT2D eigenvalue weighted by atomic mass is 32.2. The molecule has 120 valence electrons. The van der Waals surface area contributed by atoms with E-state index >= 15 is 0 Å². The third-order valence-electron chi connectivity index (χ3n) is 3.66. The predicted molar refractivity (Wildman–Crippen MR) is 85.3 cm³/mol. The maximum absolute atomic E-state index is 11.0. The van der Waals surface area contributed by atoms with Crippen molar-refractivity contribution in [3.05, 3.63) is 51.8 Å². The molecule has 2 N–H and O–H groups in total. The lowest BCUT2D eigenvalue weighted by Crippen LogP contribution is -2.33. The fourth-order valence-corrected chi connectivity index (χ4v) is 3.58. The number of nitrogens with one attached hydrogen (secondary N) is 1. The van der Waals surface area contributed by atoms with Crippen LogP contribution in [0.2, 0.25) is 0 Å². The summed E-state index contributed by atoms with van der Waals surface area (Å²) in [6.07, 6.45) is 0. The highest BCUT2D eigenvalue weighted by molar-refractivity contribution is 7.99. The molecule has 1 fully saturated rings. The number of carboxylic acid groups (broad SMARTS) is 1. The number of furan rings is 1. The second-order valence-corrected chi connectivity index (χ2v) is 6.37. The van der Waals surface area contributed by atoms with Crippen LogP contribution in [0.15, 0.2) is 34.7 Å². The van der Waals surface area contributed by atoms with Crippen LogP contribution in [0.1, 0.15) is 16.7 Å². The van der Waals surface area contributed by atoms with Gasteiger partial charge in [-0.25, -0.2) is 0 Å². The van der Waals surface area contributed by atoms with Crippen LogP contribution in [0.3, 0.4) is 0 Å². The molecule has 3 rings (SSSR count). The van der Waals surface area contributed by atoms with Crippen molar-refractivity contribution >= 4 is 23.4 Å². The zero-order valence-corrected chi connectivity index (χ0v) is 13.0. The molecule has 0 radical (unpaired) electrons. The number of thioether (sulfide) groups is 1. The number of hydrogen-bond donors (Lipinski definition) is 2. The molecule has 8 heteroatoms. The average molecular weight is 334 g/mol. The van der Waals surface area contributed by atoms with Gasteiger partial charge in [0.2, 0.25) is 0 Å². The standard InChI is InChI=1S/C15H14N2O5S/c1-8-2-3-9(17(20)21)6-10(8)12-4-5-13(22-12)14-16-11(7-23-14)15(18)19/h2-6,11,14,16H,7H2,1H3,(H,18,19). The number of carbonyl (C=O) groups is 1. The molecule has 0 saturated carbocycles. The van der Waals surface area contributed by atoms with Crippen molar-refractivity contribution < 1.29 is 19.2 Å². The molecule has 0 aliphatic carbocycles. The van der Waals surface area contributed by atoms with E-state index in [2.05, 4.69) is 5.32 Å². The van der Waals surface area contributed by atoms with E-state index in [1.807, 2.05) is 6.92 Å². The number of nitrogens with zero attached hydrogens (tertiary/aromatic N) is 1. The fourth-order valence-electron chi connectivity index (χ4n) is 2.41. The van der Waals surface area contributed by atoms with Crippen LogP contribution >= 0.6 is 11.8 Å². The van der Waals surface area contributed by atoms with E-state index in [0.717, 1.165) is 5.56 Å². The fraction of sp³-hybridized carbons (Fsp3) is 0.267. The molecule has 2 heterocycles. The zero-order valence-electron chi connectivity index (χ0n) is 12.2. The van der Waals surface area contributed by atoms with Gasteiger partial charge in [-0.2, -0.15) is 0 Å². The number of rotatable bonds is 4. The molecule has 0 spiro atoms. The zero-order chi connectivity index (χ0) is 16.6. The summed E-state index contributed by atoms with van der Waals surface area (Å²) in [4.78, 5) is 21.5. The summed E-state index contributed by atoms with van der Waals surface area (Å²) in [7, 11) is 0. The molecule has 0 amide bonds. The Morgan fingerprint density at radius 2 is 2.22 bits per heavy atom. The van der Waals surface area contributed by atoms with Gasteiger partial charge in [0, 0.05) is 23.4 Å². The lowest BCUT2D eigenvalue weighted by molar-refractivity contribution is -0.384. The third-order valence-corrected chi connectivity index (χ3v) is 4.89. The number of carboxylic acids is 1. The van der Waals surface area contributed by atoms with Crippen LogP contribution in [0.25, 0.3) is 11.3 Å². The van der Waals surface area contributed by atoms with E-state index in [4.69, 9.17) is 9.52 Å². The molecule has 7 nitrogen and oxygen atoms in total. The van der Waals surface area contributed by atoms with Crippen LogP contribution in [0.4, 0.5) is 5.69 Å². The Labute approximate surface area is 135 Å². The smallest absolute Gasteiger partial charge is 0.321 e. The molecule has 2 unspecified atom stereocenters.